The molecule has 8 nitrogen and oxygen atoms in total. The molecule has 0 aliphatic rings. The largest absolute Gasteiger partial charge is 0.493 e. The molecule has 0 aliphatic carbocycles. The summed E-state index contributed by atoms with van der Waals surface area (Å²) >= 11 is 0. The van der Waals surface area contributed by atoms with Crippen molar-refractivity contribution in [1.82, 2.24) is 19.3 Å². The Labute approximate surface area is 144 Å². The van der Waals surface area contributed by atoms with Crippen molar-refractivity contribution in [2.75, 3.05) is 21.3 Å². The fourth-order valence-electron chi connectivity index (χ4n) is 2.82. The van der Waals surface area contributed by atoms with Crippen molar-refractivity contribution >= 4 is 10.9 Å². The Hall–Kier alpha value is -3.03. The maximum absolute atomic E-state index is 13.0. The average Bonchev–Trinajstić information content (AvgIpc) is 3.00. The van der Waals surface area contributed by atoms with E-state index in [9.17, 15) is 4.79 Å². The zero-order chi connectivity index (χ0) is 18.1. The number of aromatic nitrogens is 4. The Morgan fingerprint density at radius 3 is 2.36 bits per heavy atom. The van der Waals surface area contributed by atoms with Gasteiger partial charge in [0.05, 0.1) is 26.7 Å². The molecule has 0 saturated carbocycles. The van der Waals surface area contributed by atoms with E-state index in [0.29, 0.717) is 34.0 Å². The first-order valence-corrected chi connectivity index (χ1v) is 7.80. The van der Waals surface area contributed by atoms with Gasteiger partial charge in [-0.25, -0.2) is 9.55 Å². The first kappa shape index (κ1) is 16.8. The third-order valence-corrected chi connectivity index (χ3v) is 4.07. The van der Waals surface area contributed by atoms with Crippen LogP contribution in [-0.4, -0.2) is 40.7 Å². The molecule has 0 unspecified atom stereocenters. The van der Waals surface area contributed by atoms with Crippen LogP contribution in [-0.2, 0) is 6.54 Å². The number of nitrogens with zero attached hydrogens (tertiary/aromatic N) is 4. The van der Waals surface area contributed by atoms with Gasteiger partial charge in [-0.3, -0.25) is 9.48 Å². The molecular weight excluding hydrogens is 324 g/mol. The summed E-state index contributed by atoms with van der Waals surface area (Å²) in [4.78, 5) is 17.4. The highest BCUT2D eigenvalue weighted by atomic mass is 16.5. The van der Waals surface area contributed by atoms with E-state index >= 15 is 0 Å². The van der Waals surface area contributed by atoms with E-state index in [2.05, 4.69) is 10.1 Å². The molecule has 0 fully saturated rings. The number of aryl methyl sites for hydroxylation is 2. The molecule has 0 spiro atoms. The van der Waals surface area contributed by atoms with E-state index < -0.39 is 0 Å². The minimum absolute atomic E-state index is 0.259. The highest BCUT2D eigenvalue weighted by Gasteiger charge is 2.20. The van der Waals surface area contributed by atoms with Crippen molar-refractivity contribution in [3.63, 3.8) is 0 Å². The van der Waals surface area contributed by atoms with E-state index in [1.165, 1.54) is 32.2 Å². The van der Waals surface area contributed by atoms with Gasteiger partial charge in [-0.2, -0.15) is 5.10 Å². The smallest absolute Gasteiger partial charge is 0.267 e. The molecule has 132 valence electrons. The van der Waals surface area contributed by atoms with Gasteiger partial charge in [-0.15, -0.1) is 0 Å². The lowest BCUT2D eigenvalue weighted by Gasteiger charge is -2.14. The normalized spacial score (nSPS) is 10.9. The molecule has 0 bridgehead atoms. The molecule has 0 aliphatic heterocycles. The number of hydrogen-bond donors (Lipinski definition) is 0. The third kappa shape index (κ3) is 2.59. The predicted octanol–water partition coefficient (Wildman–Crippen LogP) is 1.94. The molecule has 2 heterocycles. The third-order valence-electron chi connectivity index (χ3n) is 4.07. The van der Waals surface area contributed by atoms with E-state index in [1.54, 1.807) is 6.07 Å². The summed E-state index contributed by atoms with van der Waals surface area (Å²) in [7, 11) is 4.51. The Bertz CT molecular complexity index is 990. The molecule has 8 heteroatoms. The Morgan fingerprint density at radius 2 is 1.80 bits per heavy atom. The van der Waals surface area contributed by atoms with Gasteiger partial charge in [0.2, 0.25) is 5.75 Å². The minimum Gasteiger partial charge on any atom is -0.493 e. The maximum Gasteiger partial charge on any atom is 0.267 e. The van der Waals surface area contributed by atoms with Crippen LogP contribution in [0, 0.1) is 6.92 Å². The molecule has 0 saturated heterocycles. The number of methoxy groups -OCH3 is 3. The molecule has 0 atom stereocenters. The number of rotatable bonds is 5. The van der Waals surface area contributed by atoms with Crippen LogP contribution >= 0.6 is 0 Å². The predicted molar refractivity (Wildman–Crippen MR) is 93.2 cm³/mol. The van der Waals surface area contributed by atoms with Crippen LogP contribution in [0.1, 0.15) is 12.6 Å². The summed E-state index contributed by atoms with van der Waals surface area (Å²) < 4.78 is 19.3. The quantitative estimate of drug-likeness (QED) is 0.704. The van der Waals surface area contributed by atoms with Crippen LogP contribution in [0.25, 0.3) is 16.7 Å². The van der Waals surface area contributed by atoms with Crippen LogP contribution < -0.4 is 19.8 Å². The summed E-state index contributed by atoms with van der Waals surface area (Å²) in [6, 6.07) is 3.45. The van der Waals surface area contributed by atoms with Gasteiger partial charge in [0, 0.05) is 18.3 Å². The summed E-state index contributed by atoms with van der Waals surface area (Å²) in [6.07, 6.45) is 1.45. The van der Waals surface area contributed by atoms with E-state index in [4.69, 9.17) is 14.2 Å². The molecule has 0 N–H and O–H groups in total. The molecule has 3 aromatic rings. The molecule has 25 heavy (non-hydrogen) atoms. The molecule has 1 aromatic carbocycles. The summed E-state index contributed by atoms with van der Waals surface area (Å²) in [5.41, 5.74) is 1.12. The summed E-state index contributed by atoms with van der Waals surface area (Å²) in [6.45, 7) is 4.66. The standard InChI is InChI=1S/C17H20N4O4/c1-6-21-10(2)7-13(19-21)20-9-18-14-11(17(20)22)8-12(23-3)15(24-4)16(14)25-5/h7-9H,6H2,1-5H3. The van der Waals surface area contributed by atoms with Crippen LogP contribution in [0.5, 0.6) is 17.2 Å². The fraction of sp³-hybridized carbons (Fsp3) is 0.353. The average molecular weight is 344 g/mol. The van der Waals surface area contributed by atoms with Gasteiger partial charge >= 0.3 is 0 Å². The second-order valence-electron chi connectivity index (χ2n) is 5.42. The van der Waals surface area contributed by atoms with E-state index in [0.717, 1.165) is 12.2 Å². The molecule has 3 rings (SSSR count). The van der Waals surface area contributed by atoms with Crippen LogP contribution in [0.3, 0.4) is 0 Å². The monoisotopic (exact) mass is 344 g/mol. The molecular formula is C17H20N4O4. The van der Waals surface area contributed by atoms with Gasteiger partial charge in [-0.05, 0) is 19.9 Å². The van der Waals surface area contributed by atoms with E-state index in [-0.39, 0.29) is 5.56 Å². The molecule has 0 amide bonds. The minimum atomic E-state index is -0.259. The van der Waals surface area contributed by atoms with Crippen LogP contribution in [0.4, 0.5) is 0 Å². The molecule has 2 aromatic heterocycles. The topological polar surface area (TPSA) is 80.4 Å². The summed E-state index contributed by atoms with van der Waals surface area (Å²) in [5, 5.41) is 4.80. The van der Waals surface area contributed by atoms with Crippen LogP contribution in [0.2, 0.25) is 0 Å². The lowest BCUT2D eigenvalue weighted by Crippen LogP contribution is -2.20. The molecule has 0 radical (unpaired) electrons. The van der Waals surface area contributed by atoms with Gasteiger partial charge < -0.3 is 14.2 Å². The fourth-order valence-corrected chi connectivity index (χ4v) is 2.82. The van der Waals surface area contributed by atoms with Crippen molar-refractivity contribution in [3.8, 4) is 23.1 Å². The van der Waals surface area contributed by atoms with Crippen LogP contribution in [0.15, 0.2) is 23.3 Å². The number of hydrogen-bond acceptors (Lipinski definition) is 6. The SMILES string of the molecule is CCn1nc(-n2cnc3c(OC)c(OC)c(OC)cc3c2=O)cc1C. The number of fused-ring (bicyclic) bond motifs is 1. The number of benzene rings is 1. The Kier molecular flexibility index (Phi) is 4.35. The van der Waals surface area contributed by atoms with Crippen molar-refractivity contribution in [1.29, 1.82) is 0 Å². The highest BCUT2D eigenvalue weighted by Crippen LogP contribution is 2.41. The van der Waals surface area contributed by atoms with Crippen molar-refractivity contribution < 1.29 is 14.2 Å². The Morgan fingerprint density at radius 1 is 1.08 bits per heavy atom. The van der Waals surface area contributed by atoms with Gasteiger partial charge in [0.1, 0.15) is 11.8 Å². The maximum atomic E-state index is 13.0. The zero-order valence-electron chi connectivity index (χ0n) is 14.9. The number of ether oxygens (including phenoxy) is 3. The second kappa shape index (κ2) is 6.46. The first-order valence-electron chi connectivity index (χ1n) is 7.80. The zero-order valence-corrected chi connectivity index (χ0v) is 14.9. The first-order chi connectivity index (χ1) is 12.0. The lowest BCUT2D eigenvalue weighted by atomic mass is 10.2. The Balaban J connectivity index is 2.31. The second-order valence-corrected chi connectivity index (χ2v) is 5.42. The van der Waals surface area contributed by atoms with Crippen molar-refractivity contribution in [2.24, 2.45) is 0 Å². The van der Waals surface area contributed by atoms with Gasteiger partial charge in [-0.1, -0.05) is 0 Å². The van der Waals surface area contributed by atoms with Gasteiger partial charge in [0.15, 0.2) is 17.3 Å². The van der Waals surface area contributed by atoms with E-state index in [1.807, 2.05) is 24.6 Å². The lowest BCUT2D eigenvalue weighted by molar-refractivity contribution is 0.326. The van der Waals surface area contributed by atoms with Crippen molar-refractivity contribution in [2.45, 2.75) is 20.4 Å². The summed E-state index contributed by atoms with van der Waals surface area (Å²) in [5.74, 6) is 1.68. The highest BCUT2D eigenvalue weighted by molar-refractivity contribution is 5.89. The van der Waals surface area contributed by atoms with Crippen molar-refractivity contribution in [3.05, 3.63) is 34.5 Å². The van der Waals surface area contributed by atoms with Gasteiger partial charge in [0.25, 0.3) is 5.56 Å².